The minimum atomic E-state index is -2.47. The van der Waals surface area contributed by atoms with E-state index in [-0.39, 0.29) is 0 Å². The Morgan fingerprint density at radius 1 is 1.17 bits per heavy atom. The summed E-state index contributed by atoms with van der Waals surface area (Å²) in [5, 5.41) is 0. The SMILES string of the molecule is C[C@@H]1[C@H](c2ccccc2)C1(F)F. The molecule has 1 aromatic rings. The maximum Gasteiger partial charge on any atom is 0.258 e. The van der Waals surface area contributed by atoms with Crippen molar-refractivity contribution < 1.29 is 8.78 Å². The molecular formula is C10H10F2. The number of hydrogen-bond donors (Lipinski definition) is 0. The van der Waals surface area contributed by atoms with Gasteiger partial charge >= 0.3 is 0 Å². The van der Waals surface area contributed by atoms with Gasteiger partial charge < -0.3 is 0 Å². The standard InChI is InChI=1S/C10H10F2/c1-7-9(10(7,11)12)8-5-3-2-4-6-8/h2-7,9H,1H3/t7-,9-/m1/s1. The molecule has 0 unspecified atom stereocenters. The fraction of sp³-hybridized carbons (Fsp3) is 0.400. The predicted octanol–water partition coefficient (Wildman–Crippen LogP) is 3.06. The number of alkyl halides is 2. The number of halogens is 2. The Balaban J connectivity index is 2.25. The first kappa shape index (κ1) is 7.71. The zero-order chi connectivity index (χ0) is 8.77. The molecule has 1 aliphatic carbocycles. The molecule has 2 atom stereocenters. The van der Waals surface area contributed by atoms with Gasteiger partial charge in [-0.25, -0.2) is 8.78 Å². The Kier molecular flexibility index (Phi) is 1.47. The van der Waals surface area contributed by atoms with Crippen molar-refractivity contribution in [1.82, 2.24) is 0 Å². The van der Waals surface area contributed by atoms with Gasteiger partial charge in [-0.05, 0) is 5.56 Å². The second-order valence-electron chi connectivity index (χ2n) is 3.35. The van der Waals surface area contributed by atoms with Crippen LogP contribution in [0.4, 0.5) is 8.78 Å². The lowest BCUT2D eigenvalue weighted by molar-refractivity contribution is 0.0964. The molecule has 1 fully saturated rings. The van der Waals surface area contributed by atoms with Crippen LogP contribution in [0.1, 0.15) is 18.4 Å². The molecule has 64 valence electrons. The fourth-order valence-electron chi connectivity index (χ4n) is 1.65. The van der Waals surface area contributed by atoms with Crippen LogP contribution in [-0.4, -0.2) is 5.92 Å². The summed E-state index contributed by atoms with van der Waals surface area (Å²) >= 11 is 0. The topological polar surface area (TPSA) is 0 Å². The van der Waals surface area contributed by atoms with E-state index in [4.69, 9.17) is 0 Å². The summed E-state index contributed by atoms with van der Waals surface area (Å²) in [6.45, 7) is 1.59. The molecule has 12 heavy (non-hydrogen) atoms. The number of benzene rings is 1. The van der Waals surface area contributed by atoms with Gasteiger partial charge in [0, 0.05) is 5.92 Å². The van der Waals surface area contributed by atoms with Gasteiger partial charge in [-0.2, -0.15) is 0 Å². The molecule has 0 aliphatic heterocycles. The monoisotopic (exact) mass is 168 g/mol. The molecule has 0 amide bonds. The van der Waals surface area contributed by atoms with Crippen molar-refractivity contribution in [3.05, 3.63) is 35.9 Å². The Hall–Kier alpha value is -0.920. The minimum Gasteiger partial charge on any atom is -0.206 e. The van der Waals surface area contributed by atoms with Gasteiger partial charge in [0.05, 0.1) is 5.92 Å². The number of rotatable bonds is 1. The van der Waals surface area contributed by atoms with Crippen molar-refractivity contribution >= 4 is 0 Å². The summed E-state index contributed by atoms with van der Waals surface area (Å²) in [5.41, 5.74) is 0.759. The summed E-state index contributed by atoms with van der Waals surface area (Å²) in [7, 11) is 0. The highest BCUT2D eigenvalue weighted by Crippen LogP contribution is 2.61. The normalized spacial score (nSPS) is 31.6. The zero-order valence-electron chi connectivity index (χ0n) is 6.80. The largest absolute Gasteiger partial charge is 0.258 e. The lowest BCUT2D eigenvalue weighted by Crippen LogP contribution is -1.92. The van der Waals surface area contributed by atoms with E-state index in [9.17, 15) is 8.78 Å². The third kappa shape index (κ3) is 0.942. The average molecular weight is 168 g/mol. The van der Waals surface area contributed by atoms with Crippen LogP contribution in [0, 0.1) is 5.92 Å². The van der Waals surface area contributed by atoms with Crippen molar-refractivity contribution in [2.75, 3.05) is 0 Å². The number of hydrogen-bond acceptors (Lipinski definition) is 0. The van der Waals surface area contributed by atoms with E-state index in [1.165, 1.54) is 0 Å². The first-order valence-electron chi connectivity index (χ1n) is 4.07. The van der Waals surface area contributed by atoms with Crippen molar-refractivity contribution in [2.45, 2.75) is 18.8 Å². The van der Waals surface area contributed by atoms with Crippen molar-refractivity contribution in [1.29, 1.82) is 0 Å². The van der Waals surface area contributed by atoms with Gasteiger partial charge in [-0.1, -0.05) is 37.3 Å². The van der Waals surface area contributed by atoms with Crippen LogP contribution >= 0.6 is 0 Å². The zero-order valence-corrected chi connectivity index (χ0v) is 6.80. The first-order valence-corrected chi connectivity index (χ1v) is 4.07. The molecule has 1 aliphatic rings. The molecule has 2 heteroatoms. The predicted molar refractivity (Wildman–Crippen MR) is 43.3 cm³/mol. The molecule has 0 heterocycles. The van der Waals surface area contributed by atoms with Crippen LogP contribution < -0.4 is 0 Å². The fourth-order valence-corrected chi connectivity index (χ4v) is 1.65. The second kappa shape index (κ2) is 2.28. The quantitative estimate of drug-likeness (QED) is 0.604. The van der Waals surface area contributed by atoms with Crippen molar-refractivity contribution in [3.63, 3.8) is 0 Å². The van der Waals surface area contributed by atoms with E-state index in [0.717, 1.165) is 5.56 Å². The highest BCUT2D eigenvalue weighted by molar-refractivity contribution is 5.31. The molecule has 0 saturated heterocycles. The Labute approximate surface area is 70.2 Å². The highest BCUT2D eigenvalue weighted by Gasteiger charge is 2.65. The summed E-state index contributed by atoms with van der Waals surface area (Å²) in [6.07, 6.45) is 0. The molecule has 0 nitrogen and oxygen atoms in total. The molecule has 0 aromatic heterocycles. The van der Waals surface area contributed by atoms with Gasteiger partial charge in [0.1, 0.15) is 0 Å². The molecular weight excluding hydrogens is 158 g/mol. The van der Waals surface area contributed by atoms with Crippen LogP contribution in [-0.2, 0) is 0 Å². The molecule has 2 rings (SSSR count). The summed E-state index contributed by atoms with van der Waals surface area (Å²) in [4.78, 5) is 0. The summed E-state index contributed by atoms with van der Waals surface area (Å²) in [6, 6.07) is 8.98. The van der Waals surface area contributed by atoms with Crippen LogP contribution in [0.2, 0.25) is 0 Å². The van der Waals surface area contributed by atoms with E-state index >= 15 is 0 Å². The molecule has 0 bridgehead atoms. The van der Waals surface area contributed by atoms with Gasteiger partial charge in [0.25, 0.3) is 5.92 Å². The lowest BCUT2D eigenvalue weighted by Gasteiger charge is -1.96. The third-order valence-electron chi connectivity index (χ3n) is 2.57. The van der Waals surface area contributed by atoms with E-state index < -0.39 is 17.8 Å². The van der Waals surface area contributed by atoms with E-state index in [2.05, 4.69) is 0 Å². The third-order valence-corrected chi connectivity index (χ3v) is 2.57. The van der Waals surface area contributed by atoms with Gasteiger partial charge in [-0.3, -0.25) is 0 Å². The van der Waals surface area contributed by atoms with Crippen LogP contribution in [0.5, 0.6) is 0 Å². The first-order chi connectivity index (χ1) is 5.64. The maximum absolute atomic E-state index is 12.9. The van der Waals surface area contributed by atoms with Crippen LogP contribution in [0.3, 0.4) is 0 Å². The second-order valence-corrected chi connectivity index (χ2v) is 3.35. The van der Waals surface area contributed by atoms with Crippen LogP contribution in [0.25, 0.3) is 0 Å². The van der Waals surface area contributed by atoms with Crippen molar-refractivity contribution in [3.8, 4) is 0 Å². The maximum atomic E-state index is 12.9. The summed E-state index contributed by atoms with van der Waals surface area (Å²) in [5.74, 6) is -3.50. The lowest BCUT2D eigenvalue weighted by atomic mass is 10.1. The minimum absolute atomic E-state index is 0.486. The Morgan fingerprint density at radius 2 is 1.67 bits per heavy atom. The Bertz CT molecular complexity index is 279. The smallest absolute Gasteiger partial charge is 0.206 e. The Morgan fingerprint density at radius 3 is 2.08 bits per heavy atom. The average Bonchev–Trinajstić information content (AvgIpc) is 2.53. The van der Waals surface area contributed by atoms with E-state index in [1.54, 1.807) is 31.2 Å². The molecule has 0 radical (unpaired) electrons. The van der Waals surface area contributed by atoms with Gasteiger partial charge in [-0.15, -0.1) is 0 Å². The molecule has 0 spiro atoms. The van der Waals surface area contributed by atoms with E-state index in [0.29, 0.717) is 0 Å². The highest BCUT2D eigenvalue weighted by atomic mass is 19.3. The van der Waals surface area contributed by atoms with Gasteiger partial charge in [0.2, 0.25) is 0 Å². The summed E-state index contributed by atoms with van der Waals surface area (Å²) < 4.78 is 25.8. The van der Waals surface area contributed by atoms with Crippen molar-refractivity contribution in [2.24, 2.45) is 5.92 Å². The molecule has 1 saturated carbocycles. The van der Waals surface area contributed by atoms with Gasteiger partial charge in [0.15, 0.2) is 0 Å². The molecule has 1 aromatic carbocycles. The van der Waals surface area contributed by atoms with E-state index in [1.807, 2.05) is 6.07 Å². The van der Waals surface area contributed by atoms with Crippen LogP contribution in [0.15, 0.2) is 30.3 Å². The molecule has 0 N–H and O–H groups in total.